The van der Waals surface area contributed by atoms with E-state index >= 15 is 4.39 Å². The highest BCUT2D eigenvalue weighted by Gasteiger charge is 2.50. The van der Waals surface area contributed by atoms with Gasteiger partial charge in [-0.05, 0) is 17.6 Å². The number of aliphatic hydroxyl groups excluding tert-OH is 1. The fraction of sp³-hybridized carbons (Fsp3) is 0.429. The topological polar surface area (TPSA) is 295 Å². The number of aromatic nitrogens is 8. The minimum absolute atomic E-state index is 0.0718. The van der Waals surface area contributed by atoms with E-state index in [2.05, 4.69) is 29.9 Å². The molecule has 2 bridgehead atoms. The number of ether oxygens (including phenoxy) is 2. The smallest absolute Gasteiger partial charge is 0.439 e. The Morgan fingerprint density at radius 2 is 1.68 bits per heavy atom. The molecule has 3 aliphatic rings. The molecule has 252 valence electrons. The van der Waals surface area contributed by atoms with Crippen molar-refractivity contribution >= 4 is 70.9 Å². The first-order chi connectivity index (χ1) is 22.3. The summed E-state index contributed by atoms with van der Waals surface area (Å²) < 4.78 is 66.0. The number of halogens is 1. The van der Waals surface area contributed by atoms with E-state index in [1.165, 1.54) is 10.8 Å². The van der Waals surface area contributed by atoms with Crippen LogP contribution in [0.4, 0.5) is 16.3 Å². The van der Waals surface area contributed by atoms with Gasteiger partial charge in [-0.15, -0.1) is 0 Å². The molecule has 0 aliphatic carbocycles. The summed E-state index contributed by atoms with van der Waals surface area (Å²) in [5.41, 5.74) is 9.46. The maximum Gasteiger partial charge on any atom is 0.439 e. The normalized spacial score (nSPS) is 33.2. The molecule has 8 atom stereocenters. The molecule has 1 saturated heterocycles. The third-order valence-corrected chi connectivity index (χ3v) is 12.0. The zero-order valence-corrected chi connectivity index (χ0v) is 26.9. The first-order valence-electron chi connectivity index (χ1n) is 13.2. The van der Waals surface area contributed by atoms with Gasteiger partial charge in [-0.1, -0.05) is 11.8 Å². The van der Waals surface area contributed by atoms with Gasteiger partial charge >= 0.3 is 6.80 Å². The number of fused-ring (bicyclic) bond motifs is 4. The molecule has 7 rings (SSSR count). The third kappa shape index (κ3) is 5.63. The van der Waals surface area contributed by atoms with Gasteiger partial charge < -0.3 is 44.5 Å². The monoisotopic (exact) mass is 735 g/mol. The van der Waals surface area contributed by atoms with Crippen molar-refractivity contribution in [2.24, 2.45) is 0 Å². The van der Waals surface area contributed by atoms with Crippen LogP contribution in [-0.2, 0) is 43.9 Å². The Kier molecular flexibility index (Phi) is 7.94. The number of aliphatic hydroxyl groups is 1. The average Bonchev–Trinajstić information content (AvgIpc) is 3.76. The summed E-state index contributed by atoms with van der Waals surface area (Å²) in [6, 6.07) is 0. The Labute approximate surface area is 268 Å². The number of hydrogen-bond acceptors (Lipinski definition) is 19. The van der Waals surface area contributed by atoms with Gasteiger partial charge in [0, 0.05) is 0 Å². The van der Waals surface area contributed by atoms with Crippen LogP contribution < -0.4 is 27.5 Å². The zero-order chi connectivity index (χ0) is 33.4. The Bertz CT molecular complexity index is 2160. The molecular formula is C21H22FN10O11P2S2-. The summed E-state index contributed by atoms with van der Waals surface area (Å²) >= 11 is 5.69. The van der Waals surface area contributed by atoms with Crippen molar-refractivity contribution < 1.29 is 46.5 Å². The van der Waals surface area contributed by atoms with Crippen molar-refractivity contribution in [1.82, 2.24) is 39.0 Å². The average molecular weight is 736 g/mol. The highest BCUT2D eigenvalue weighted by atomic mass is 32.7. The fourth-order valence-electron chi connectivity index (χ4n) is 5.12. The number of anilines is 2. The number of aromatic amines is 2. The first-order valence-corrected chi connectivity index (χ1v) is 19.2. The zero-order valence-electron chi connectivity index (χ0n) is 23.5. The van der Waals surface area contributed by atoms with Gasteiger partial charge in [0.1, 0.15) is 38.0 Å². The number of H-pyrrole nitrogens is 2. The third-order valence-electron chi connectivity index (χ3n) is 7.24. The molecule has 3 aliphatic heterocycles. The molecule has 21 nitrogen and oxygen atoms in total. The van der Waals surface area contributed by atoms with E-state index in [-0.39, 0.29) is 34.2 Å². The largest absolute Gasteiger partial charge is 0.780 e. The van der Waals surface area contributed by atoms with E-state index < -0.39 is 86.3 Å². The molecule has 4 aromatic heterocycles. The van der Waals surface area contributed by atoms with Crippen LogP contribution in [0.15, 0.2) is 33.8 Å². The summed E-state index contributed by atoms with van der Waals surface area (Å²) in [5, 5.41) is 11.2. The Morgan fingerprint density at radius 3 is 2.28 bits per heavy atom. The van der Waals surface area contributed by atoms with E-state index in [9.17, 15) is 24.2 Å². The molecule has 0 saturated carbocycles. The summed E-state index contributed by atoms with van der Waals surface area (Å²) in [7, 11) is 0. The second-order valence-corrected chi connectivity index (χ2v) is 17.0. The van der Waals surface area contributed by atoms with Gasteiger partial charge in [0.2, 0.25) is 24.3 Å². The maximum atomic E-state index is 16.1. The summed E-state index contributed by atoms with van der Waals surface area (Å²) in [6.45, 7) is -10.4. The number of imidazole rings is 2. The van der Waals surface area contributed by atoms with Crippen LogP contribution in [0, 0.1) is 0 Å². The molecule has 47 heavy (non-hydrogen) atoms. The van der Waals surface area contributed by atoms with Crippen LogP contribution in [0.3, 0.4) is 0 Å². The van der Waals surface area contributed by atoms with Crippen LogP contribution in [0.25, 0.3) is 22.3 Å². The predicted octanol–water partition coefficient (Wildman–Crippen LogP) is -0.741. The van der Waals surface area contributed by atoms with E-state index in [0.29, 0.717) is 11.4 Å². The Hall–Kier alpha value is -3.44. The van der Waals surface area contributed by atoms with Gasteiger partial charge in [0.25, 0.3) is 11.1 Å². The van der Waals surface area contributed by atoms with Crippen LogP contribution in [-0.4, -0.2) is 88.1 Å². The number of hydrogen-bond donors (Lipinski definition) is 5. The lowest BCUT2D eigenvalue weighted by Crippen LogP contribution is -2.36. The molecule has 7 N–H and O–H groups in total. The van der Waals surface area contributed by atoms with Crippen LogP contribution in [0.1, 0.15) is 12.5 Å². The molecule has 7 heterocycles. The highest BCUT2D eigenvalue weighted by Crippen LogP contribution is 2.63. The predicted molar refractivity (Wildman–Crippen MR) is 160 cm³/mol. The van der Waals surface area contributed by atoms with Crippen molar-refractivity contribution in [3.63, 3.8) is 0 Å². The summed E-state index contributed by atoms with van der Waals surface area (Å²) in [6.07, 6.45) is -6.21. The fourth-order valence-corrected chi connectivity index (χ4v) is 8.41. The SMILES string of the molecule is CSP1(=O)OCC2OC(n3cnc4c(=O)[nH]c(N)nc43)C(OP([O-])(=S)OCC3=C(O1)C(F)C(n1cnc4c(=O)[nH]c(N)nc41)O3)C2O. The lowest BCUT2D eigenvalue weighted by molar-refractivity contribution is -0.216. The number of nitrogens with zero attached hydrogens (tertiary/aromatic N) is 6. The Morgan fingerprint density at radius 1 is 1.09 bits per heavy atom. The van der Waals surface area contributed by atoms with Crippen molar-refractivity contribution in [3.8, 4) is 0 Å². The molecule has 0 spiro atoms. The first kappa shape index (κ1) is 32.1. The molecule has 8 unspecified atom stereocenters. The van der Waals surface area contributed by atoms with Crippen LogP contribution in [0.2, 0.25) is 0 Å². The highest BCUT2D eigenvalue weighted by molar-refractivity contribution is 8.54. The van der Waals surface area contributed by atoms with Gasteiger partial charge in [-0.3, -0.25) is 33.2 Å². The molecule has 0 amide bonds. The molecule has 0 radical (unpaired) electrons. The number of nitrogens with two attached hydrogens (primary N) is 2. The molecular weight excluding hydrogens is 713 g/mol. The molecule has 4 aromatic rings. The minimum atomic E-state index is -4.60. The number of rotatable bonds is 3. The lowest BCUT2D eigenvalue weighted by atomic mass is 10.1. The second-order valence-electron chi connectivity index (χ2n) is 10.1. The lowest BCUT2D eigenvalue weighted by Gasteiger charge is -2.33. The summed E-state index contributed by atoms with van der Waals surface area (Å²) in [5.74, 6) is -1.63. The molecule has 1 fully saturated rings. The number of nitrogen functional groups attached to an aromatic ring is 2. The Balaban J connectivity index is 1.24. The standard InChI is InChI=1S/C21H23FN10O11P2S2/c1-47-45(37)39-2-6-11(33)13(19(40-6)32-5-26-10-15(32)28-21(24)30-17(10)35)42-44(36,46)38-3-7-12(43-45)8(22)18(41-7)31-4-25-9-14(31)27-20(23)29-16(9)34/h4-6,8,11,13,18-19,33H,2-3H2,1H3,(H,36,46)(H3,23,27,29,34)(H3,24,28,30,35)/p-1. The number of alkyl halides is 1. The van der Waals surface area contributed by atoms with Gasteiger partial charge in [-0.2, -0.15) is 9.97 Å². The number of nitrogens with one attached hydrogen (secondary N) is 2. The van der Waals surface area contributed by atoms with Crippen LogP contribution in [0.5, 0.6) is 0 Å². The van der Waals surface area contributed by atoms with Gasteiger partial charge in [-0.25, -0.2) is 18.9 Å². The van der Waals surface area contributed by atoms with Crippen molar-refractivity contribution in [1.29, 1.82) is 0 Å². The van der Waals surface area contributed by atoms with E-state index in [0.717, 1.165) is 17.2 Å². The van der Waals surface area contributed by atoms with Gasteiger partial charge in [0.15, 0.2) is 40.1 Å². The van der Waals surface area contributed by atoms with E-state index in [1.54, 1.807) is 0 Å². The van der Waals surface area contributed by atoms with E-state index in [4.69, 9.17) is 50.8 Å². The second kappa shape index (κ2) is 11.6. The molecule has 0 aromatic carbocycles. The quantitative estimate of drug-likeness (QED) is 0.162. The van der Waals surface area contributed by atoms with Crippen molar-refractivity contribution in [2.75, 3.05) is 30.9 Å². The summed E-state index contributed by atoms with van der Waals surface area (Å²) in [4.78, 5) is 58.7. The van der Waals surface area contributed by atoms with Crippen molar-refractivity contribution in [2.45, 2.75) is 36.9 Å². The van der Waals surface area contributed by atoms with Crippen LogP contribution >= 0.6 is 24.9 Å². The minimum Gasteiger partial charge on any atom is -0.780 e. The van der Waals surface area contributed by atoms with E-state index in [1.807, 2.05) is 0 Å². The van der Waals surface area contributed by atoms with Crippen molar-refractivity contribution in [3.05, 3.63) is 44.9 Å². The molecule has 26 heteroatoms. The van der Waals surface area contributed by atoms with Gasteiger partial charge in [0.05, 0.1) is 12.9 Å². The maximum absolute atomic E-state index is 16.1.